The molecule has 1 heterocycles. The predicted octanol–water partition coefficient (Wildman–Crippen LogP) is 3.89. The second kappa shape index (κ2) is 4.82. The van der Waals surface area contributed by atoms with Crippen LogP contribution >= 0.6 is 0 Å². The molecule has 1 saturated heterocycles. The van der Waals surface area contributed by atoms with Crippen molar-refractivity contribution in [1.82, 2.24) is 4.90 Å². The SMILES string of the molecule is CC1(C)CCCN(C2CCCc3cc(O)ccc32)C1. The maximum atomic E-state index is 9.65. The molecule has 2 nitrogen and oxygen atoms in total. The number of likely N-dealkylation sites (tertiary alicyclic amines) is 1. The van der Waals surface area contributed by atoms with Gasteiger partial charge in [-0.1, -0.05) is 19.9 Å². The average Bonchev–Trinajstić information content (AvgIpc) is 2.36. The van der Waals surface area contributed by atoms with Gasteiger partial charge in [-0.05, 0) is 67.3 Å². The fraction of sp³-hybridized carbons (Fsp3) is 0.647. The number of aromatic hydroxyl groups is 1. The van der Waals surface area contributed by atoms with Gasteiger partial charge in [0.1, 0.15) is 5.75 Å². The van der Waals surface area contributed by atoms with Gasteiger partial charge in [0.15, 0.2) is 0 Å². The van der Waals surface area contributed by atoms with Crippen molar-refractivity contribution in [3.63, 3.8) is 0 Å². The first-order valence-electron chi connectivity index (χ1n) is 7.61. The maximum Gasteiger partial charge on any atom is 0.115 e. The molecule has 1 aliphatic carbocycles. The van der Waals surface area contributed by atoms with Gasteiger partial charge in [0.2, 0.25) is 0 Å². The summed E-state index contributed by atoms with van der Waals surface area (Å²) in [6.45, 7) is 7.21. The summed E-state index contributed by atoms with van der Waals surface area (Å²) < 4.78 is 0. The molecule has 1 unspecified atom stereocenters. The van der Waals surface area contributed by atoms with Gasteiger partial charge in [-0.2, -0.15) is 0 Å². The van der Waals surface area contributed by atoms with Crippen molar-refractivity contribution in [2.45, 2.75) is 52.0 Å². The van der Waals surface area contributed by atoms with Gasteiger partial charge in [-0.25, -0.2) is 0 Å². The van der Waals surface area contributed by atoms with Crippen molar-refractivity contribution in [3.8, 4) is 5.75 Å². The van der Waals surface area contributed by atoms with Crippen molar-refractivity contribution in [3.05, 3.63) is 29.3 Å². The van der Waals surface area contributed by atoms with Crippen molar-refractivity contribution < 1.29 is 5.11 Å². The molecule has 1 aromatic carbocycles. The molecule has 19 heavy (non-hydrogen) atoms. The fourth-order valence-electron chi connectivity index (χ4n) is 3.89. The smallest absolute Gasteiger partial charge is 0.115 e. The molecule has 0 saturated carbocycles. The molecule has 1 aliphatic heterocycles. The lowest BCUT2D eigenvalue weighted by Crippen LogP contribution is -2.43. The Labute approximate surface area is 116 Å². The Morgan fingerprint density at radius 3 is 2.89 bits per heavy atom. The quantitative estimate of drug-likeness (QED) is 0.827. The summed E-state index contributed by atoms with van der Waals surface area (Å²) >= 11 is 0. The van der Waals surface area contributed by atoms with Crippen LogP contribution in [0.25, 0.3) is 0 Å². The van der Waals surface area contributed by atoms with E-state index in [1.54, 1.807) is 0 Å². The Kier molecular flexibility index (Phi) is 3.30. The Morgan fingerprint density at radius 2 is 2.11 bits per heavy atom. The van der Waals surface area contributed by atoms with Crippen LogP contribution < -0.4 is 0 Å². The van der Waals surface area contributed by atoms with Gasteiger partial charge >= 0.3 is 0 Å². The van der Waals surface area contributed by atoms with Crippen LogP contribution in [0.2, 0.25) is 0 Å². The third-order valence-corrected chi connectivity index (χ3v) is 4.78. The van der Waals surface area contributed by atoms with Gasteiger partial charge < -0.3 is 5.11 Å². The Balaban J connectivity index is 1.87. The van der Waals surface area contributed by atoms with Gasteiger partial charge in [0, 0.05) is 12.6 Å². The van der Waals surface area contributed by atoms with E-state index in [1.165, 1.54) is 49.9 Å². The lowest BCUT2D eigenvalue weighted by molar-refractivity contribution is 0.0701. The summed E-state index contributed by atoms with van der Waals surface area (Å²) in [6, 6.07) is 6.54. The molecule has 0 bridgehead atoms. The zero-order valence-corrected chi connectivity index (χ0v) is 12.2. The molecule has 104 valence electrons. The topological polar surface area (TPSA) is 23.5 Å². The van der Waals surface area contributed by atoms with Crippen LogP contribution in [0, 0.1) is 5.41 Å². The summed E-state index contributed by atoms with van der Waals surface area (Å²) in [5.41, 5.74) is 3.27. The maximum absolute atomic E-state index is 9.65. The number of phenols is 1. The van der Waals surface area contributed by atoms with Crippen LogP contribution in [-0.2, 0) is 6.42 Å². The van der Waals surface area contributed by atoms with Crippen LogP contribution in [0.3, 0.4) is 0 Å². The molecule has 2 heteroatoms. The Hall–Kier alpha value is -1.02. The van der Waals surface area contributed by atoms with E-state index in [1.807, 2.05) is 12.1 Å². The van der Waals surface area contributed by atoms with E-state index >= 15 is 0 Å². The van der Waals surface area contributed by atoms with Gasteiger partial charge in [-0.3, -0.25) is 4.90 Å². The highest BCUT2D eigenvalue weighted by molar-refractivity contribution is 5.38. The molecule has 0 aromatic heterocycles. The molecule has 3 rings (SSSR count). The van der Waals surface area contributed by atoms with Crippen LogP contribution in [0.15, 0.2) is 18.2 Å². The van der Waals surface area contributed by atoms with Crippen molar-refractivity contribution in [1.29, 1.82) is 0 Å². The van der Waals surface area contributed by atoms with E-state index in [0.29, 0.717) is 17.2 Å². The summed E-state index contributed by atoms with van der Waals surface area (Å²) in [5, 5.41) is 9.65. The van der Waals surface area contributed by atoms with Crippen molar-refractivity contribution in [2.75, 3.05) is 13.1 Å². The molecule has 0 spiro atoms. The molecular formula is C17H25NO. The van der Waals surface area contributed by atoms with Crippen LogP contribution in [0.1, 0.15) is 56.7 Å². The standard InChI is InChI=1S/C17H25NO/c1-17(2)9-4-10-18(12-17)16-6-3-5-13-11-14(19)7-8-15(13)16/h7-8,11,16,19H,3-6,9-10,12H2,1-2H3. The first-order chi connectivity index (χ1) is 9.05. The average molecular weight is 259 g/mol. The number of nitrogens with zero attached hydrogens (tertiary/aromatic N) is 1. The lowest BCUT2D eigenvalue weighted by atomic mass is 9.80. The number of aryl methyl sites for hydroxylation is 1. The van der Waals surface area contributed by atoms with Crippen molar-refractivity contribution >= 4 is 0 Å². The minimum atomic E-state index is 0.415. The van der Waals surface area contributed by atoms with Crippen LogP contribution in [0.5, 0.6) is 5.75 Å². The zero-order valence-electron chi connectivity index (χ0n) is 12.2. The number of phenolic OH excluding ortho intramolecular Hbond substituents is 1. The number of fused-ring (bicyclic) bond motifs is 1. The summed E-state index contributed by atoms with van der Waals surface area (Å²) in [4.78, 5) is 2.68. The minimum absolute atomic E-state index is 0.415. The number of piperidine rings is 1. The molecule has 1 N–H and O–H groups in total. The third kappa shape index (κ3) is 2.64. The number of hydrogen-bond donors (Lipinski definition) is 1. The lowest BCUT2D eigenvalue weighted by Gasteiger charge is -2.44. The third-order valence-electron chi connectivity index (χ3n) is 4.78. The Bertz CT molecular complexity index is 466. The number of rotatable bonds is 1. The molecule has 0 amide bonds. The second-order valence-corrected chi connectivity index (χ2v) is 7.03. The highest BCUT2D eigenvalue weighted by Gasteiger charge is 2.33. The van der Waals surface area contributed by atoms with Gasteiger partial charge in [0.05, 0.1) is 0 Å². The normalized spacial score (nSPS) is 26.9. The van der Waals surface area contributed by atoms with Crippen LogP contribution in [-0.4, -0.2) is 23.1 Å². The van der Waals surface area contributed by atoms with E-state index < -0.39 is 0 Å². The molecule has 0 radical (unpaired) electrons. The largest absolute Gasteiger partial charge is 0.508 e. The number of hydrogen-bond acceptors (Lipinski definition) is 2. The second-order valence-electron chi connectivity index (χ2n) is 7.03. The molecular weight excluding hydrogens is 234 g/mol. The predicted molar refractivity (Wildman–Crippen MR) is 78.4 cm³/mol. The molecule has 1 aromatic rings. The van der Waals surface area contributed by atoms with Crippen LogP contribution in [0.4, 0.5) is 0 Å². The van der Waals surface area contributed by atoms with Crippen molar-refractivity contribution in [2.24, 2.45) is 5.41 Å². The monoisotopic (exact) mass is 259 g/mol. The van der Waals surface area contributed by atoms with E-state index in [4.69, 9.17) is 0 Å². The highest BCUT2D eigenvalue weighted by atomic mass is 16.3. The first kappa shape index (κ1) is 13.0. The molecule has 2 aliphatic rings. The molecule has 1 atom stereocenters. The zero-order chi connectivity index (χ0) is 13.5. The Morgan fingerprint density at radius 1 is 1.26 bits per heavy atom. The summed E-state index contributed by atoms with van der Waals surface area (Å²) in [6.07, 6.45) is 6.30. The highest BCUT2D eigenvalue weighted by Crippen LogP contribution is 2.40. The summed E-state index contributed by atoms with van der Waals surface area (Å²) in [5.74, 6) is 0.415. The number of benzene rings is 1. The van der Waals surface area contributed by atoms with Gasteiger partial charge in [0.25, 0.3) is 0 Å². The van der Waals surface area contributed by atoms with E-state index in [-0.39, 0.29) is 0 Å². The van der Waals surface area contributed by atoms with E-state index in [9.17, 15) is 5.11 Å². The summed E-state index contributed by atoms with van der Waals surface area (Å²) in [7, 11) is 0. The first-order valence-corrected chi connectivity index (χ1v) is 7.61. The fourth-order valence-corrected chi connectivity index (χ4v) is 3.89. The van der Waals surface area contributed by atoms with Gasteiger partial charge in [-0.15, -0.1) is 0 Å². The molecule has 1 fully saturated rings. The van der Waals surface area contributed by atoms with E-state index in [2.05, 4.69) is 24.8 Å². The van der Waals surface area contributed by atoms with E-state index in [0.717, 1.165) is 6.42 Å². The minimum Gasteiger partial charge on any atom is -0.508 e.